The molecule has 33 heavy (non-hydrogen) atoms. The molecule has 170 valence electrons. The molecule has 0 bridgehead atoms. The number of aryl methyl sites for hydroxylation is 1. The first kappa shape index (κ1) is 22.7. The minimum atomic E-state index is -0.386. The highest BCUT2D eigenvalue weighted by atomic mass is 32.2. The molecule has 0 spiro atoms. The summed E-state index contributed by atoms with van der Waals surface area (Å²) in [5.41, 5.74) is 2.80. The fourth-order valence-corrected chi connectivity index (χ4v) is 4.58. The maximum Gasteiger partial charge on any atom is 0.266 e. The van der Waals surface area contributed by atoms with E-state index in [-0.39, 0.29) is 11.4 Å². The van der Waals surface area contributed by atoms with Crippen molar-refractivity contribution in [1.82, 2.24) is 9.55 Å². The Morgan fingerprint density at radius 2 is 1.70 bits per heavy atom. The number of rotatable bonds is 7. The van der Waals surface area contributed by atoms with Gasteiger partial charge in [-0.3, -0.25) is 9.36 Å². The Hall–Kier alpha value is -3.52. The number of ether oxygens (including phenoxy) is 3. The number of methoxy groups -OCH3 is 3. The van der Waals surface area contributed by atoms with Gasteiger partial charge in [0.05, 0.1) is 32.4 Å². The maximum absolute atomic E-state index is 13.7. The Labute approximate surface area is 194 Å². The minimum absolute atomic E-state index is 0.300. The van der Waals surface area contributed by atoms with Crippen LogP contribution in [-0.4, -0.2) is 30.9 Å². The second-order valence-electron chi connectivity index (χ2n) is 7.33. The summed E-state index contributed by atoms with van der Waals surface area (Å²) in [6.07, 6.45) is 0. The highest BCUT2D eigenvalue weighted by Crippen LogP contribution is 2.42. The van der Waals surface area contributed by atoms with Gasteiger partial charge < -0.3 is 14.2 Å². The van der Waals surface area contributed by atoms with Gasteiger partial charge in [0, 0.05) is 5.75 Å². The molecule has 0 aliphatic carbocycles. The lowest BCUT2D eigenvalue weighted by Gasteiger charge is -2.17. The van der Waals surface area contributed by atoms with Crippen LogP contribution in [0.25, 0.3) is 16.6 Å². The number of nitrogens with zero attached hydrogens (tertiary/aromatic N) is 2. The van der Waals surface area contributed by atoms with Crippen LogP contribution in [0.2, 0.25) is 0 Å². The maximum atomic E-state index is 13.7. The van der Waals surface area contributed by atoms with Crippen molar-refractivity contribution < 1.29 is 18.6 Å². The predicted molar refractivity (Wildman–Crippen MR) is 128 cm³/mol. The van der Waals surface area contributed by atoms with E-state index in [1.54, 1.807) is 18.2 Å². The van der Waals surface area contributed by atoms with E-state index in [0.717, 1.165) is 11.1 Å². The van der Waals surface area contributed by atoms with Crippen molar-refractivity contribution in [2.75, 3.05) is 21.3 Å². The third-order valence-electron chi connectivity index (χ3n) is 5.17. The summed E-state index contributed by atoms with van der Waals surface area (Å²) < 4.78 is 31.5. The number of hydrogen-bond acceptors (Lipinski definition) is 6. The monoisotopic (exact) mass is 466 g/mol. The summed E-state index contributed by atoms with van der Waals surface area (Å²) in [7, 11) is 4.48. The second kappa shape index (κ2) is 9.54. The first-order valence-corrected chi connectivity index (χ1v) is 11.2. The Balaban J connectivity index is 1.97. The number of thioether (sulfide) groups is 1. The average molecular weight is 467 g/mol. The molecule has 4 rings (SSSR count). The number of fused-ring (bicyclic) bond motifs is 1. The van der Waals surface area contributed by atoms with Gasteiger partial charge in [0.15, 0.2) is 16.7 Å². The molecular weight excluding hydrogens is 443 g/mol. The van der Waals surface area contributed by atoms with Crippen molar-refractivity contribution in [3.05, 3.63) is 81.9 Å². The van der Waals surface area contributed by atoms with E-state index >= 15 is 0 Å². The molecule has 0 saturated carbocycles. The van der Waals surface area contributed by atoms with Gasteiger partial charge in [0.2, 0.25) is 5.75 Å². The predicted octanol–water partition coefficient (Wildman–Crippen LogP) is 5.15. The molecule has 4 aromatic rings. The molecule has 3 aromatic carbocycles. The van der Waals surface area contributed by atoms with Crippen LogP contribution in [0, 0.1) is 12.7 Å². The van der Waals surface area contributed by atoms with Gasteiger partial charge in [0.25, 0.3) is 5.56 Å². The molecule has 0 saturated heterocycles. The zero-order chi connectivity index (χ0) is 23.5. The van der Waals surface area contributed by atoms with Gasteiger partial charge in [-0.25, -0.2) is 9.37 Å². The van der Waals surface area contributed by atoms with Crippen molar-refractivity contribution in [1.29, 1.82) is 0 Å². The van der Waals surface area contributed by atoms with Crippen molar-refractivity contribution in [2.24, 2.45) is 0 Å². The summed E-state index contributed by atoms with van der Waals surface area (Å²) in [5.74, 6) is 1.23. The van der Waals surface area contributed by atoms with Crippen LogP contribution in [-0.2, 0) is 5.75 Å². The molecule has 8 heteroatoms. The van der Waals surface area contributed by atoms with Crippen LogP contribution in [0.5, 0.6) is 17.2 Å². The minimum Gasteiger partial charge on any atom is -0.493 e. The molecule has 0 N–H and O–H groups in total. The molecule has 1 aromatic heterocycles. The molecular formula is C25H23FN2O4S. The van der Waals surface area contributed by atoms with Crippen LogP contribution < -0.4 is 19.8 Å². The Morgan fingerprint density at radius 1 is 0.970 bits per heavy atom. The highest BCUT2D eigenvalue weighted by Gasteiger charge is 2.22. The molecule has 0 radical (unpaired) electrons. The van der Waals surface area contributed by atoms with Crippen LogP contribution in [0.3, 0.4) is 0 Å². The quantitative estimate of drug-likeness (QED) is 0.277. The molecule has 1 heterocycles. The Kier molecular flexibility index (Phi) is 6.55. The van der Waals surface area contributed by atoms with Crippen LogP contribution in [0.1, 0.15) is 11.1 Å². The van der Waals surface area contributed by atoms with Crippen LogP contribution in [0.15, 0.2) is 64.5 Å². The molecule has 0 aliphatic heterocycles. The first-order valence-electron chi connectivity index (χ1n) is 10.2. The normalized spacial score (nSPS) is 10.9. The van der Waals surface area contributed by atoms with Gasteiger partial charge in [0.1, 0.15) is 11.3 Å². The first-order chi connectivity index (χ1) is 16.0. The third-order valence-corrected chi connectivity index (χ3v) is 6.18. The standard InChI is InChI=1S/C25H23FN2O4S/c1-15-6-5-7-16(12-15)14-33-25-27-21-19(13-20(30-2)22(31-3)23(21)32-4)24(29)28(25)18-10-8-17(26)9-11-18/h5-13H,14H2,1-4H3. The number of benzene rings is 3. The third kappa shape index (κ3) is 4.39. The summed E-state index contributed by atoms with van der Waals surface area (Å²) >= 11 is 1.41. The molecule has 0 atom stereocenters. The topological polar surface area (TPSA) is 62.6 Å². The molecule has 0 amide bonds. The summed E-state index contributed by atoms with van der Waals surface area (Å²) in [6.45, 7) is 2.03. The van der Waals surface area contributed by atoms with Gasteiger partial charge in [-0.15, -0.1) is 0 Å². The van der Waals surface area contributed by atoms with E-state index in [1.165, 1.54) is 49.8 Å². The Morgan fingerprint density at radius 3 is 2.33 bits per heavy atom. The number of halogens is 1. The SMILES string of the molecule is COc1cc2c(=O)n(-c3ccc(F)cc3)c(SCc3cccc(C)c3)nc2c(OC)c1OC. The van der Waals surface area contributed by atoms with E-state index in [2.05, 4.69) is 6.07 Å². The number of aromatic nitrogens is 2. The lowest BCUT2D eigenvalue weighted by molar-refractivity contribution is 0.326. The van der Waals surface area contributed by atoms with E-state index in [4.69, 9.17) is 19.2 Å². The zero-order valence-corrected chi connectivity index (χ0v) is 19.5. The smallest absolute Gasteiger partial charge is 0.266 e. The second-order valence-corrected chi connectivity index (χ2v) is 8.27. The Bertz CT molecular complexity index is 1370. The van der Waals surface area contributed by atoms with Crippen molar-refractivity contribution in [3.63, 3.8) is 0 Å². The van der Waals surface area contributed by atoms with Gasteiger partial charge in [-0.1, -0.05) is 41.6 Å². The summed E-state index contributed by atoms with van der Waals surface area (Å²) in [5, 5.41) is 0.750. The average Bonchev–Trinajstić information content (AvgIpc) is 2.82. The van der Waals surface area contributed by atoms with Crippen molar-refractivity contribution >= 4 is 22.7 Å². The largest absolute Gasteiger partial charge is 0.493 e. The van der Waals surface area contributed by atoms with Gasteiger partial charge in [-0.2, -0.15) is 0 Å². The van der Waals surface area contributed by atoms with Crippen LogP contribution >= 0.6 is 11.8 Å². The molecule has 0 unspecified atom stereocenters. The fraction of sp³-hybridized carbons (Fsp3) is 0.200. The van der Waals surface area contributed by atoms with Gasteiger partial charge >= 0.3 is 0 Å². The van der Waals surface area contributed by atoms with E-state index < -0.39 is 0 Å². The van der Waals surface area contributed by atoms with Crippen LogP contribution in [0.4, 0.5) is 4.39 Å². The molecule has 0 aliphatic rings. The summed E-state index contributed by atoms with van der Waals surface area (Å²) in [6, 6.07) is 15.5. The van der Waals surface area contributed by atoms with E-state index in [9.17, 15) is 9.18 Å². The highest BCUT2D eigenvalue weighted by molar-refractivity contribution is 7.98. The van der Waals surface area contributed by atoms with E-state index in [1.807, 2.05) is 25.1 Å². The lowest BCUT2D eigenvalue weighted by atomic mass is 10.2. The van der Waals surface area contributed by atoms with Crippen molar-refractivity contribution in [3.8, 4) is 22.9 Å². The van der Waals surface area contributed by atoms with Crippen molar-refractivity contribution in [2.45, 2.75) is 17.8 Å². The van der Waals surface area contributed by atoms with Gasteiger partial charge in [-0.05, 0) is 42.8 Å². The fourth-order valence-electron chi connectivity index (χ4n) is 3.63. The summed E-state index contributed by atoms with van der Waals surface area (Å²) in [4.78, 5) is 18.5. The lowest BCUT2D eigenvalue weighted by Crippen LogP contribution is -2.22. The number of hydrogen-bond donors (Lipinski definition) is 0. The molecule has 6 nitrogen and oxygen atoms in total. The van der Waals surface area contributed by atoms with E-state index in [0.29, 0.717) is 44.7 Å². The molecule has 0 fully saturated rings. The zero-order valence-electron chi connectivity index (χ0n) is 18.7.